The third kappa shape index (κ3) is 10.3. The van der Waals surface area contributed by atoms with Gasteiger partial charge in [0.05, 0.1) is 37.2 Å². The lowest BCUT2D eigenvalue weighted by atomic mass is 10.2. The highest BCUT2D eigenvalue weighted by Gasteiger charge is 2.12. The number of hydrogen-bond donors (Lipinski definition) is 4. The molecule has 47 heavy (non-hydrogen) atoms. The van der Waals surface area contributed by atoms with E-state index in [9.17, 15) is 20.2 Å². The number of hydrogen-bond acceptors (Lipinski definition) is 11. The van der Waals surface area contributed by atoms with Gasteiger partial charge in [0.15, 0.2) is 0 Å². The summed E-state index contributed by atoms with van der Waals surface area (Å²) < 4.78 is 0. The molecule has 6 rings (SSSR count). The summed E-state index contributed by atoms with van der Waals surface area (Å²) in [4.78, 5) is 33.3. The fourth-order valence-electron chi connectivity index (χ4n) is 4.31. The molecule has 0 atom stereocenters. The number of nitrogens with two attached hydrogens (primary N) is 2. The van der Waals surface area contributed by atoms with Gasteiger partial charge < -0.3 is 46.1 Å². The van der Waals surface area contributed by atoms with Gasteiger partial charge in [0.1, 0.15) is 16.8 Å². The lowest BCUT2D eigenvalue weighted by Crippen LogP contribution is -3.00. The molecule has 0 aliphatic heterocycles. The molecule has 0 saturated heterocycles. The molecule has 0 spiro atoms. The first-order valence-electron chi connectivity index (χ1n) is 14.2. The van der Waals surface area contributed by atoms with Crippen LogP contribution in [0, 0.1) is 20.2 Å². The maximum atomic E-state index is 10.8. The van der Waals surface area contributed by atoms with Crippen LogP contribution >= 0.6 is 11.6 Å². The highest BCUT2D eigenvalue weighted by molar-refractivity contribution is 6.29. The van der Waals surface area contributed by atoms with Gasteiger partial charge in [0, 0.05) is 36.3 Å². The third-order valence-corrected chi connectivity index (χ3v) is 6.47. The summed E-state index contributed by atoms with van der Waals surface area (Å²) in [5.41, 5.74) is 13.3. The highest BCUT2D eigenvalue weighted by Crippen LogP contribution is 2.26. The molecule has 0 radical (unpaired) electrons. The van der Waals surface area contributed by atoms with Crippen LogP contribution in [0.1, 0.15) is 13.8 Å². The first-order valence-corrected chi connectivity index (χ1v) is 14.5. The third-order valence-electron chi connectivity index (χ3n) is 6.26. The number of nitrogens with one attached hydrogen (secondary N) is 2. The maximum Gasteiger partial charge on any atom is 0.278 e. The first kappa shape index (κ1) is 38.3. The average molecular weight is 771 g/mol. The van der Waals surface area contributed by atoms with Gasteiger partial charge in [-0.1, -0.05) is 29.8 Å². The van der Waals surface area contributed by atoms with Gasteiger partial charge in [-0.2, -0.15) is 0 Å². The standard InChI is InChI=1S/C11H11N3O2.C11H13N3.C9H5ClN2O2.CH5N.HI/c1-2-12-11-7-6-8-9(13-11)4-3-5-10(8)14(15)16;1-2-13-11-7-6-8-9(12)4-3-5-10(8)14-11;10-9-5-4-6-7(11-9)2-1-3-8(6)12(13)14;1-2;/h3-7H,2H2,1H3,(H,12,13);3-7H,2,12H2,1H3,(H,13,14);1-5H;2H2,1H3;1H/p-1. The smallest absolute Gasteiger partial charge is 0.278 e. The fraction of sp³-hybridized carbons (Fsp3) is 0.156. The van der Waals surface area contributed by atoms with Crippen LogP contribution < -0.4 is 46.1 Å². The van der Waals surface area contributed by atoms with Crippen LogP contribution in [-0.4, -0.2) is 44.9 Å². The summed E-state index contributed by atoms with van der Waals surface area (Å²) in [6.07, 6.45) is 0. The van der Waals surface area contributed by atoms with E-state index in [1.165, 1.54) is 25.2 Å². The molecule has 3 aromatic heterocycles. The molecule has 3 heterocycles. The van der Waals surface area contributed by atoms with Crippen molar-refractivity contribution in [2.75, 3.05) is 36.5 Å². The molecule has 13 nitrogen and oxygen atoms in total. The Bertz CT molecular complexity index is 1960. The van der Waals surface area contributed by atoms with E-state index in [1.807, 2.05) is 44.2 Å². The van der Waals surface area contributed by atoms with Crippen LogP contribution in [0.15, 0.2) is 91.0 Å². The molecule has 6 N–H and O–H groups in total. The topological polar surface area (TPSA) is 201 Å². The molecule has 3 aromatic carbocycles. The second kappa shape index (κ2) is 18.9. The van der Waals surface area contributed by atoms with Crippen LogP contribution in [0.5, 0.6) is 0 Å². The Balaban J connectivity index is 0.000000237. The van der Waals surface area contributed by atoms with E-state index in [2.05, 4.69) is 31.3 Å². The second-order valence-corrected chi connectivity index (χ2v) is 9.59. The van der Waals surface area contributed by atoms with Gasteiger partial charge in [-0.25, -0.2) is 15.0 Å². The number of benzene rings is 3. The zero-order valence-electron chi connectivity index (χ0n) is 25.9. The molecule has 6 aromatic rings. The number of pyridine rings is 3. The minimum absolute atomic E-state index is 0. The van der Waals surface area contributed by atoms with Gasteiger partial charge in [0.25, 0.3) is 11.4 Å². The van der Waals surface area contributed by atoms with Crippen molar-refractivity contribution in [3.8, 4) is 0 Å². The van der Waals surface area contributed by atoms with Crippen molar-refractivity contribution in [3.63, 3.8) is 0 Å². The number of nitro groups is 2. The Morgan fingerprint density at radius 2 is 1.04 bits per heavy atom. The Labute approximate surface area is 293 Å². The number of rotatable bonds is 6. The largest absolute Gasteiger partial charge is 1.00 e. The molecule has 15 heteroatoms. The lowest BCUT2D eigenvalue weighted by Gasteiger charge is -2.05. The molecule has 0 bridgehead atoms. The van der Waals surface area contributed by atoms with E-state index in [4.69, 9.17) is 17.3 Å². The molecule has 0 aliphatic rings. The lowest BCUT2D eigenvalue weighted by molar-refractivity contribution is -0.383. The predicted molar refractivity (Wildman–Crippen MR) is 186 cm³/mol. The van der Waals surface area contributed by atoms with Crippen LogP contribution in [-0.2, 0) is 0 Å². The van der Waals surface area contributed by atoms with Crippen molar-refractivity contribution in [1.29, 1.82) is 0 Å². The minimum Gasteiger partial charge on any atom is -1.00 e. The SMILES string of the molecule is CCNc1ccc2c(N)cccc2n1.CCNc1ccc2c([N+](=O)[O-])cccc2n1.CN.O=[N+]([O-])c1cccc2nc(Cl)ccc12.[I-]. The Morgan fingerprint density at radius 1 is 0.638 bits per heavy atom. The number of nitrogen functional groups attached to an aromatic ring is 1. The molecular formula is C32H34ClIN9O4-. The van der Waals surface area contributed by atoms with Crippen molar-refractivity contribution in [2.24, 2.45) is 5.73 Å². The Morgan fingerprint density at radius 3 is 1.51 bits per heavy atom. The normalized spacial score (nSPS) is 9.81. The number of fused-ring (bicyclic) bond motifs is 3. The monoisotopic (exact) mass is 770 g/mol. The van der Waals surface area contributed by atoms with Gasteiger partial charge in [0.2, 0.25) is 0 Å². The van der Waals surface area contributed by atoms with E-state index >= 15 is 0 Å². The molecule has 246 valence electrons. The van der Waals surface area contributed by atoms with Gasteiger partial charge in [-0.05, 0) is 81.6 Å². The van der Waals surface area contributed by atoms with Crippen LogP contribution in [0.25, 0.3) is 32.7 Å². The summed E-state index contributed by atoms with van der Waals surface area (Å²) in [5, 5.41) is 30.1. The number of nitrogens with zero attached hydrogens (tertiary/aromatic N) is 5. The van der Waals surface area contributed by atoms with Crippen molar-refractivity contribution < 1.29 is 33.8 Å². The number of nitro benzene ring substituents is 2. The van der Waals surface area contributed by atoms with Crippen molar-refractivity contribution in [2.45, 2.75) is 13.8 Å². The van der Waals surface area contributed by atoms with E-state index in [1.54, 1.807) is 42.5 Å². The van der Waals surface area contributed by atoms with Crippen molar-refractivity contribution in [1.82, 2.24) is 15.0 Å². The summed E-state index contributed by atoms with van der Waals surface area (Å²) in [6.45, 7) is 5.67. The second-order valence-electron chi connectivity index (χ2n) is 9.20. The van der Waals surface area contributed by atoms with E-state index in [0.717, 1.165) is 41.3 Å². The number of aromatic nitrogens is 3. The minimum atomic E-state index is -0.433. The molecular weight excluding hydrogens is 737 g/mol. The van der Waals surface area contributed by atoms with Crippen molar-refractivity contribution >= 4 is 73.0 Å². The zero-order valence-corrected chi connectivity index (χ0v) is 28.8. The van der Waals surface area contributed by atoms with E-state index < -0.39 is 9.85 Å². The summed E-state index contributed by atoms with van der Waals surface area (Å²) in [7, 11) is 1.50. The van der Waals surface area contributed by atoms with Crippen molar-refractivity contribution in [3.05, 3.63) is 116 Å². The van der Waals surface area contributed by atoms with Crippen LogP contribution in [0.3, 0.4) is 0 Å². The molecule has 0 amide bonds. The Hall–Kier alpha value is -4.93. The van der Waals surface area contributed by atoms with Gasteiger partial charge in [-0.15, -0.1) is 0 Å². The van der Waals surface area contributed by atoms with Gasteiger partial charge in [-0.3, -0.25) is 20.2 Å². The van der Waals surface area contributed by atoms with E-state index in [-0.39, 0.29) is 35.4 Å². The average Bonchev–Trinajstić information content (AvgIpc) is 3.06. The molecule has 0 fully saturated rings. The summed E-state index contributed by atoms with van der Waals surface area (Å²) >= 11 is 5.67. The van der Waals surface area contributed by atoms with Gasteiger partial charge >= 0.3 is 0 Å². The summed E-state index contributed by atoms with van der Waals surface area (Å²) in [5.74, 6) is 1.63. The first-order chi connectivity index (χ1) is 22.2. The molecule has 0 aliphatic carbocycles. The van der Waals surface area contributed by atoms with E-state index in [0.29, 0.717) is 27.0 Å². The number of non-ortho nitro benzene ring substituents is 2. The van der Waals surface area contributed by atoms with Crippen LogP contribution in [0.4, 0.5) is 28.7 Å². The number of anilines is 3. The van der Waals surface area contributed by atoms with Crippen LogP contribution in [0.2, 0.25) is 5.15 Å². The maximum absolute atomic E-state index is 10.8. The highest BCUT2D eigenvalue weighted by atomic mass is 127. The Kier molecular flexibility index (Phi) is 15.4. The number of halogens is 2. The molecule has 0 saturated carbocycles. The quantitative estimate of drug-likeness (QED) is 0.0622. The molecule has 0 unspecified atom stereocenters. The summed E-state index contributed by atoms with van der Waals surface area (Å²) in [6, 6.07) is 25.9. The fourth-order valence-corrected chi connectivity index (χ4v) is 4.46. The predicted octanol–water partition coefficient (Wildman–Crippen LogP) is 4.20. The zero-order chi connectivity index (χ0) is 33.6.